The summed E-state index contributed by atoms with van der Waals surface area (Å²) < 4.78 is 0.770. The first-order chi connectivity index (χ1) is 9.50. The minimum Gasteiger partial charge on any atom is -0.379 e. The third kappa shape index (κ3) is 2.85. The molecule has 0 saturated carbocycles. The number of hydrogen-bond acceptors (Lipinski definition) is 6. The lowest BCUT2D eigenvalue weighted by atomic mass is 10.2. The van der Waals surface area contributed by atoms with Gasteiger partial charge in [-0.1, -0.05) is 0 Å². The van der Waals surface area contributed by atoms with Crippen LogP contribution in [0.4, 0.5) is 11.4 Å². The van der Waals surface area contributed by atoms with Crippen LogP contribution in [0.3, 0.4) is 0 Å². The standard InChI is InChI=1S/C12H14N4O3S/c1-15(2)10(17)5-6-13-8-3-4-9-11(14-7-20-9)12(8)16(18)19/h3-4,7,13H,5-6H2,1-2H3. The number of rotatable bonds is 5. The molecule has 0 radical (unpaired) electrons. The number of aromatic nitrogens is 1. The molecule has 0 atom stereocenters. The SMILES string of the molecule is CN(C)C(=O)CCNc1ccc2scnc2c1[N+](=O)[O-]. The maximum atomic E-state index is 11.5. The van der Waals surface area contributed by atoms with Gasteiger partial charge in [-0.3, -0.25) is 14.9 Å². The van der Waals surface area contributed by atoms with Crippen molar-refractivity contribution in [1.82, 2.24) is 9.88 Å². The van der Waals surface area contributed by atoms with Crippen LogP contribution in [-0.2, 0) is 4.79 Å². The average molecular weight is 294 g/mol. The molecule has 0 aliphatic heterocycles. The second kappa shape index (κ2) is 5.83. The lowest BCUT2D eigenvalue weighted by Crippen LogP contribution is -2.24. The van der Waals surface area contributed by atoms with Gasteiger partial charge < -0.3 is 10.2 Å². The number of benzene rings is 1. The van der Waals surface area contributed by atoms with Crippen LogP contribution < -0.4 is 5.32 Å². The highest BCUT2D eigenvalue weighted by Crippen LogP contribution is 2.34. The highest BCUT2D eigenvalue weighted by molar-refractivity contribution is 7.16. The van der Waals surface area contributed by atoms with Gasteiger partial charge >= 0.3 is 5.69 Å². The van der Waals surface area contributed by atoms with Crippen molar-refractivity contribution in [3.8, 4) is 0 Å². The molecule has 2 aromatic rings. The molecule has 0 bridgehead atoms. The molecular formula is C12H14N4O3S. The van der Waals surface area contributed by atoms with Crippen LogP contribution in [0.2, 0.25) is 0 Å². The van der Waals surface area contributed by atoms with Crippen LogP contribution in [0, 0.1) is 10.1 Å². The highest BCUT2D eigenvalue weighted by atomic mass is 32.1. The summed E-state index contributed by atoms with van der Waals surface area (Å²) in [6, 6.07) is 3.44. The fourth-order valence-corrected chi connectivity index (χ4v) is 2.45. The van der Waals surface area contributed by atoms with E-state index >= 15 is 0 Å². The van der Waals surface area contributed by atoms with Crippen LogP contribution in [-0.4, -0.2) is 41.4 Å². The predicted octanol–water partition coefficient (Wildman–Crippen LogP) is 2.09. The fraction of sp³-hybridized carbons (Fsp3) is 0.333. The third-order valence-corrected chi connectivity index (χ3v) is 3.61. The summed E-state index contributed by atoms with van der Waals surface area (Å²) >= 11 is 1.36. The Kier molecular flexibility index (Phi) is 4.14. The van der Waals surface area contributed by atoms with Gasteiger partial charge in [0.2, 0.25) is 5.91 Å². The van der Waals surface area contributed by atoms with Gasteiger partial charge in [0, 0.05) is 27.1 Å². The van der Waals surface area contributed by atoms with E-state index in [0.717, 1.165) is 4.70 Å². The number of amides is 1. The Bertz CT molecular complexity index is 653. The fourth-order valence-electron chi connectivity index (χ4n) is 1.77. The van der Waals surface area contributed by atoms with Crippen LogP contribution >= 0.6 is 11.3 Å². The van der Waals surface area contributed by atoms with Crippen molar-refractivity contribution in [3.63, 3.8) is 0 Å². The number of anilines is 1. The lowest BCUT2D eigenvalue weighted by molar-refractivity contribution is -0.382. The van der Waals surface area contributed by atoms with Crippen molar-refractivity contribution >= 4 is 38.8 Å². The van der Waals surface area contributed by atoms with E-state index in [2.05, 4.69) is 10.3 Å². The zero-order valence-electron chi connectivity index (χ0n) is 11.1. The summed E-state index contributed by atoms with van der Waals surface area (Å²) in [4.78, 5) is 27.7. The van der Waals surface area contributed by atoms with Gasteiger partial charge in [-0.2, -0.15) is 0 Å². The topological polar surface area (TPSA) is 88.4 Å². The van der Waals surface area contributed by atoms with Crippen molar-refractivity contribution in [2.45, 2.75) is 6.42 Å². The number of thiazole rings is 1. The van der Waals surface area contributed by atoms with Crippen molar-refractivity contribution < 1.29 is 9.72 Å². The van der Waals surface area contributed by atoms with E-state index in [9.17, 15) is 14.9 Å². The van der Waals surface area contributed by atoms with Crippen molar-refractivity contribution in [1.29, 1.82) is 0 Å². The van der Waals surface area contributed by atoms with E-state index in [0.29, 0.717) is 17.7 Å². The number of hydrogen-bond donors (Lipinski definition) is 1. The second-order valence-electron chi connectivity index (χ2n) is 4.38. The molecule has 0 aliphatic rings. The van der Waals surface area contributed by atoms with Crippen LogP contribution in [0.25, 0.3) is 10.2 Å². The molecule has 1 heterocycles. The summed E-state index contributed by atoms with van der Waals surface area (Å²) in [6.07, 6.45) is 0.277. The van der Waals surface area contributed by atoms with E-state index in [1.165, 1.54) is 16.2 Å². The first-order valence-corrected chi connectivity index (χ1v) is 6.83. The molecule has 8 heteroatoms. The monoisotopic (exact) mass is 294 g/mol. The first kappa shape index (κ1) is 14.2. The molecule has 0 aliphatic carbocycles. The molecule has 1 aromatic carbocycles. The number of nitrogens with one attached hydrogen (secondary N) is 1. The number of fused-ring (bicyclic) bond motifs is 1. The zero-order chi connectivity index (χ0) is 14.7. The lowest BCUT2D eigenvalue weighted by Gasteiger charge is -2.11. The summed E-state index contributed by atoms with van der Waals surface area (Å²) in [5.74, 6) is -0.0325. The Hall–Kier alpha value is -2.22. The molecule has 1 amide bonds. The van der Waals surface area contributed by atoms with Crippen molar-refractivity contribution in [2.75, 3.05) is 26.0 Å². The Labute approximate surface area is 119 Å². The molecule has 1 aromatic heterocycles. The average Bonchev–Trinajstić information content (AvgIpc) is 2.85. The number of nitrogens with zero attached hydrogens (tertiary/aromatic N) is 3. The Balaban J connectivity index is 2.19. The van der Waals surface area contributed by atoms with Crippen molar-refractivity contribution in [2.24, 2.45) is 0 Å². The number of carbonyl (C=O) groups is 1. The van der Waals surface area contributed by atoms with E-state index in [4.69, 9.17) is 0 Å². The molecule has 7 nitrogen and oxygen atoms in total. The van der Waals surface area contributed by atoms with Gasteiger partial charge in [-0.25, -0.2) is 4.98 Å². The summed E-state index contributed by atoms with van der Waals surface area (Å²) in [5.41, 5.74) is 2.31. The Morgan fingerprint density at radius 3 is 2.90 bits per heavy atom. The quantitative estimate of drug-likeness (QED) is 0.674. The Morgan fingerprint density at radius 1 is 1.50 bits per heavy atom. The van der Waals surface area contributed by atoms with Crippen molar-refractivity contribution in [3.05, 3.63) is 27.8 Å². The molecule has 0 saturated heterocycles. The number of carbonyl (C=O) groups excluding carboxylic acids is 1. The summed E-state index contributed by atoms with van der Waals surface area (Å²) in [7, 11) is 3.35. The maximum absolute atomic E-state index is 11.5. The van der Waals surface area contributed by atoms with Crippen LogP contribution in [0.5, 0.6) is 0 Å². The molecule has 0 unspecified atom stereocenters. The van der Waals surface area contributed by atoms with Gasteiger partial charge in [0.1, 0.15) is 5.69 Å². The van der Waals surface area contributed by atoms with E-state index in [1.54, 1.807) is 31.7 Å². The van der Waals surface area contributed by atoms with Gasteiger partial charge in [-0.15, -0.1) is 11.3 Å². The largest absolute Gasteiger partial charge is 0.379 e. The minimum atomic E-state index is -0.446. The summed E-state index contributed by atoms with van der Waals surface area (Å²) in [6.45, 7) is 0.341. The minimum absolute atomic E-state index is 0.0325. The molecule has 1 N–H and O–H groups in total. The number of nitro benzene ring substituents is 1. The molecule has 20 heavy (non-hydrogen) atoms. The van der Waals surface area contributed by atoms with E-state index < -0.39 is 4.92 Å². The normalized spacial score (nSPS) is 10.5. The van der Waals surface area contributed by atoms with Gasteiger partial charge in [0.15, 0.2) is 5.52 Å². The maximum Gasteiger partial charge on any atom is 0.319 e. The summed E-state index contributed by atoms with van der Waals surface area (Å²) in [5, 5.41) is 14.1. The van der Waals surface area contributed by atoms with Gasteiger partial charge in [0.25, 0.3) is 0 Å². The molecule has 106 valence electrons. The first-order valence-electron chi connectivity index (χ1n) is 5.95. The molecule has 2 rings (SSSR count). The number of nitro groups is 1. The van der Waals surface area contributed by atoms with Gasteiger partial charge in [0.05, 0.1) is 15.1 Å². The van der Waals surface area contributed by atoms with Gasteiger partial charge in [-0.05, 0) is 12.1 Å². The molecule has 0 fully saturated rings. The smallest absolute Gasteiger partial charge is 0.319 e. The van der Waals surface area contributed by atoms with E-state index in [1.807, 2.05) is 0 Å². The zero-order valence-corrected chi connectivity index (χ0v) is 11.9. The molecule has 0 spiro atoms. The predicted molar refractivity (Wildman–Crippen MR) is 78.1 cm³/mol. The van der Waals surface area contributed by atoms with Crippen LogP contribution in [0.1, 0.15) is 6.42 Å². The Morgan fingerprint density at radius 2 is 2.25 bits per heavy atom. The molecular weight excluding hydrogens is 280 g/mol. The third-order valence-electron chi connectivity index (χ3n) is 2.81. The van der Waals surface area contributed by atoms with E-state index in [-0.39, 0.29) is 18.0 Å². The van der Waals surface area contributed by atoms with Crippen LogP contribution in [0.15, 0.2) is 17.6 Å². The highest BCUT2D eigenvalue weighted by Gasteiger charge is 2.20. The second-order valence-corrected chi connectivity index (χ2v) is 5.27.